The van der Waals surface area contributed by atoms with E-state index in [2.05, 4.69) is 11.9 Å². The molecule has 0 heterocycles. The highest BCUT2D eigenvalue weighted by Gasteiger charge is 2.09. The number of nitrogens with one attached hydrogen (secondary N) is 1. The fourth-order valence-corrected chi connectivity index (χ4v) is 0.766. The van der Waals surface area contributed by atoms with E-state index >= 15 is 0 Å². The first-order valence-electron chi connectivity index (χ1n) is 4.71. The summed E-state index contributed by atoms with van der Waals surface area (Å²) < 4.78 is 10.1. The highest BCUT2D eigenvalue weighted by Crippen LogP contribution is 1.86. The van der Waals surface area contributed by atoms with E-state index in [1.165, 1.54) is 7.11 Å². The lowest BCUT2D eigenvalue weighted by Gasteiger charge is -2.10. The van der Waals surface area contributed by atoms with Gasteiger partial charge in [0.2, 0.25) is 5.91 Å². The lowest BCUT2D eigenvalue weighted by Crippen LogP contribution is -2.35. The van der Waals surface area contributed by atoms with Gasteiger partial charge >= 0.3 is 0 Å². The van der Waals surface area contributed by atoms with Gasteiger partial charge in [0, 0.05) is 13.7 Å². The van der Waals surface area contributed by atoms with Crippen molar-refractivity contribution < 1.29 is 14.3 Å². The summed E-state index contributed by atoms with van der Waals surface area (Å²) in [5.74, 6) is -0.111. The minimum absolute atomic E-state index is 0.111. The Balaban J connectivity index is 3.27. The number of amides is 1. The fourth-order valence-electron chi connectivity index (χ4n) is 0.766. The maximum Gasteiger partial charge on any atom is 0.248 e. The second kappa shape index (κ2) is 8.72. The molecule has 0 aliphatic carbocycles. The molecule has 4 nitrogen and oxygen atoms in total. The second-order valence-corrected chi connectivity index (χ2v) is 2.86. The van der Waals surface area contributed by atoms with Crippen molar-refractivity contribution in [1.29, 1.82) is 0 Å². The van der Waals surface area contributed by atoms with Gasteiger partial charge < -0.3 is 14.8 Å². The first kappa shape index (κ1) is 13.1. The van der Waals surface area contributed by atoms with Crippen LogP contribution in [0.5, 0.6) is 0 Å². The van der Waals surface area contributed by atoms with E-state index in [0.29, 0.717) is 19.8 Å². The molecule has 4 heteroatoms. The van der Waals surface area contributed by atoms with E-state index in [0.717, 1.165) is 6.42 Å². The molecule has 0 aromatic heterocycles. The number of hydrogen-bond donors (Lipinski definition) is 1. The van der Waals surface area contributed by atoms with Gasteiger partial charge in [-0.15, -0.1) is 6.58 Å². The van der Waals surface area contributed by atoms with Crippen molar-refractivity contribution in [2.45, 2.75) is 19.4 Å². The Labute approximate surface area is 85.3 Å². The van der Waals surface area contributed by atoms with Gasteiger partial charge in [-0.25, -0.2) is 0 Å². The topological polar surface area (TPSA) is 47.6 Å². The summed E-state index contributed by atoms with van der Waals surface area (Å²) in [5, 5.41) is 2.70. The quantitative estimate of drug-likeness (QED) is 0.465. The lowest BCUT2D eigenvalue weighted by molar-refractivity contribution is -0.130. The highest BCUT2D eigenvalue weighted by molar-refractivity contribution is 5.80. The predicted octanol–water partition coefficient (Wildman–Crippen LogP) is 0.730. The maximum atomic E-state index is 11.2. The standard InChI is InChI=1S/C10H19NO3/c1-4-5-7-14-8-6-11-10(12)9(2)13-3/h4,9H,1,5-8H2,2-3H3,(H,11,12). The van der Waals surface area contributed by atoms with Crippen LogP contribution >= 0.6 is 0 Å². The SMILES string of the molecule is C=CCCOCCNC(=O)C(C)OC. The van der Waals surface area contributed by atoms with Crippen LogP contribution < -0.4 is 5.32 Å². The Morgan fingerprint density at radius 1 is 1.57 bits per heavy atom. The van der Waals surface area contributed by atoms with Gasteiger partial charge in [-0.3, -0.25) is 4.79 Å². The molecule has 1 unspecified atom stereocenters. The van der Waals surface area contributed by atoms with E-state index in [1.54, 1.807) is 13.0 Å². The molecule has 0 radical (unpaired) electrons. The molecule has 0 bridgehead atoms. The van der Waals surface area contributed by atoms with Crippen molar-refractivity contribution in [3.63, 3.8) is 0 Å². The number of carbonyl (C=O) groups is 1. The van der Waals surface area contributed by atoms with E-state index < -0.39 is 6.10 Å². The average molecular weight is 201 g/mol. The van der Waals surface area contributed by atoms with Crippen LogP contribution in [0.1, 0.15) is 13.3 Å². The van der Waals surface area contributed by atoms with Crippen molar-refractivity contribution in [2.75, 3.05) is 26.9 Å². The summed E-state index contributed by atoms with van der Waals surface area (Å²) >= 11 is 0. The zero-order valence-corrected chi connectivity index (χ0v) is 8.91. The van der Waals surface area contributed by atoms with E-state index in [4.69, 9.17) is 9.47 Å². The Hall–Kier alpha value is -0.870. The molecule has 0 saturated heterocycles. The second-order valence-electron chi connectivity index (χ2n) is 2.86. The first-order chi connectivity index (χ1) is 6.72. The first-order valence-corrected chi connectivity index (χ1v) is 4.71. The van der Waals surface area contributed by atoms with Gasteiger partial charge in [0.1, 0.15) is 6.10 Å². The third-order valence-electron chi connectivity index (χ3n) is 1.73. The summed E-state index contributed by atoms with van der Waals surface area (Å²) in [5.41, 5.74) is 0. The molecule has 0 aliphatic heterocycles. The molecule has 82 valence electrons. The van der Waals surface area contributed by atoms with Crippen LogP contribution in [0.3, 0.4) is 0 Å². The molecular formula is C10H19NO3. The van der Waals surface area contributed by atoms with Crippen LogP contribution in [0.4, 0.5) is 0 Å². The molecular weight excluding hydrogens is 182 g/mol. The minimum Gasteiger partial charge on any atom is -0.379 e. The monoisotopic (exact) mass is 201 g/mol. The number of carbonyl (C=O) groups excluding carboxylic acids is 1. The van der Waals surface area contributed by atoms with E-state index in [9.17, 15) is 4.79 Å². The number of methoxy groups -OCH3 is 1. The Morgan fingerprint density at radius 3 is 2.86 bits per heavy atom. The van der Waals surface area contributed by atoms with Crippen molar-refractivity contribution >= 4 is 5.91 Å². The summed E-state index contributed by atoms with van der Waals surface area (Å²) in [4.78, 5) is 11.2. The molecule has 0 saturated carbocycles. The smallest absolute Gasteiger partial charge is 0.248 e. The van der Waals surface area contributed by atoms with Gasteiger partial charge in [0.15, 0.2) is 0 Å². The summed E-state index contributed by atoms with van der Waals surface area (Å²) in [6, 6.07) is 0. The molecule has 0 aliphatic rings. The number of hydrogen-bond acceptors (Lipinski definition) is 3. The van der Waals surface area contributed by atoms with Crippen molar-refractivity contribution in [3.8, 4) is 0 Å². The van der Waals surface area contributed by atoms with Crippen LogP contribution in [0, 0.1) is 0 Å². The number of rotatable bonds is 8. The third-order valence-corrected chi connectivity index (χ3v) is 1.73. The summed E-state index contributed by atoms with van der Waals surface area (Å²) in [6.07, 6.45) is 2.23. The molecule has 0 aromatic rings. The van der Waals surface area contributed by atoms with Crippen LogP contribution in [0.2, 0.25) is 0 Å². The largest absolute Gasteiger partial charge is 0.379 e. The zero-order chi connectivity index (χ0) is 10.8. The Bertz CT molecular complexity index is 171. The van der Waals surface area contributed by atoms with Crippen molar-refractivity contribution in [2.24, 2.45) is 0 Å². The van der Waals surface area contributed by atoms with Gasteiger partial charge in [0.05, 0.1) is 13.2 Å². The minimum atomic E-state index is -0.400. The molecule has 14 heavy (non-hydrogen) atoms. The summed E-state index contributed by atoms with van der Waals surface area (Å²) in [6.45, 7) is 6.97. The van der Waals surface area contributed by atoms with E-state index in [1.807, 2.05) is 0 Å². The normalized spacial score (nSPS) is 12.1. The van der Waals surface area contributed by atoms with Gasteiger partial charge in [-0.1, -0.05) is 6.08 Å². The predicted molar refractivity (Wildman–Crippen MR) is 55.1 cm³/mol. The maximum absolute atomic E-state index is 11.2. The molecule has 1 N–H and O–H groups in total. The molecule has 0 rings (SSSR count). The highest BCUT2D eigenvalue weighted by atomic mass is 16.5. The van der Waals surface area contributed by atoms with Crippen LogP contribution in [0.15, 0.2) is 12.7 Å². The Kier molecular flexibility index (Phi) is 8.17. The van der Waals surface area contributed by atoms with Crippen LogP contribution in [0.25, 0.3) is 0 Å². The van der Waals surface area contributed by atoms with Crippen molar-refractivity contribution in [1.82, 2.24) is 5.32 Å². The third kappa shape index (κ3) is 6.62. The van der Waals surface area contributed by atoms with Gasteiger partial charge in [-0.2, -0.15) is 0 Å². The number of ether oxygens (including phenoxy) is 2. The van der Waals surface area contributed by atoms with Crippen LogP contribution in [-0.2, 0) is 14.3 Å². The van der Waals surface area contributed by atoms with Crippen molar-refractivity contribution in [3.05, 3.63) is 12.7 Å². The van der Waals surface area contributed by atoms with E-state index in [-0.39, 0.29) is 5.91 Å². The summed E-state index contributed by atoms with van der Waals surface area (Å²) in [7, 11) is 1.50. The molecule has 0 aromatic carbocycles. The zero-order valence-electron chi connectivity index (χ0n) is 8.91. The fraction of sp³-hybridized carbons (Fsp3) is 0.700. The molecule has 1 amide bonds. The molecule has 0 spiro atoms. The molecule has 1 atom stereocenters. The van der Waals surface area contributed by atoms with Gasteiger partial charge in [-0.05, 0) is 13.3 Å². The average Bonchev–Trinajstić information content (AvgIpc) is 2.21. The molecule has 0 fully saturated rings. The van der Waals surface area contributed by atoms with Crippen LogP contribution in [-0.4, -0.2) is 38.9 Å². The van der Waals surface area contributed by atoms with Gasteiger partial charge in [0.25, 0.3) is 0 Å². The lowest BCUT2D eigenvalue weighted by atomic mass is 10.4. The Morgan fingerprint density at radius 2 is 2.29 bits per heavy atom.